The zero-order chi connectivity index (χ0) is 36.8. The number of halogens is 5. The summed E-state index contributed by atoms with van der Waals surface area (Å²) in [6.45, 7) is -1.74. The topological polar surface area (TPSA) is 115 Å². The van der Waals surface area contributed by atoms with Gasteiger partial charge in [0.25, 0.3) is 5.91 Å². The van der Waals surface area contributed by atoms with Crippen molar-refractivity contribution in [3.63, 3.8) is 0 Å². The first-order chi connectivity index (χ1) is 24.2. The Bertz CT molecular complexity index is 2410. The number of furan rings is 1. The van der Waals surface area contributed by atoms with Crippen LogP contribution in [0.4, 0.5) is 27.6 Å². The van der Waals surface area contributed by atoms with Crippen molar-refractivity contribution in [1.29, 1.82) is 0 Å². The predicted octanol–water partition coefficient (Wildman–Crippen LogP) is 8.07. The number of nitrogens with one attached hydrogen (secondary N) is 1. The minimum absolute atomic E-state index is 0.0349. The summed E-state index contributed by atoms with van der Waals surface area (Å²) >= 11 is 0. The molecule has 0 bridgehead atoms. The Labute approximate surface area is 288 Å². The van der Waals surface area contributed by atoms with Crippen molar-refractivity contribution in [3.8, 4) is 39.7 Å². The number of nitrogens with zero attached hydrogens (tertiary/aromatic N) is 2. The van der Waals surface area contributed by atoms with Gasteiger partial charge in [-0.05, 0) is 48.0 Å². The maximum absolute atomic E-state index is 14.6. The van der Waals surface area contributed by atoms with Crippen LogP contribution in [0.15, 0.2) is 75.6 Å². The van der Waals surface area contributed by atoms with Crippen LogP contribution in [0.25, 0.3) is 56.0 Å². The average molecular weight is 728 g/mol. The molecular formula is C36H30F5N3O6S. The predicted molar refractivity (Wildman–Crippen MR) is 182 cm³/mol. The van der Waals surface area contributed by atoms with E-state index in [1.165, 1.54) is 69.6 Å². The SMILES string of the molecule is CNC(=O)c1c(-c2ccc(F)cc2)oc2cc(N(CC(C)(CF)CF)S(C)(=O)=O)c(-c3ccc(OC)c(-c4nc5c(F)cc(F)cc5o4)c3)cc12. The summed E-state index contributed by atoms with van der Waals surface area (Å²) in [6.07, 6.45) is 0.880. The minimum atomic E-state index is -4.25. The summed E-state index contributed by atoms with van der Waals surface area (Å²) in [5.41, 5.74) is -1.23. The molecule has 0 saturated carbocycles. The molecule has 4 aromatic carbocycles. The average Bonchev–Trinajstić information content (AvgIpc) is 3.71. The fourth-order valence-electron chi connectivity index (χ4n) is 5.69. The second-order valence-electron chi connectivity index (χ2n) is 12.3. The Hall–Kier alpha value is -5.44. The minimum Gasteiger partial charge on any atom is -0.496 e. The molecule has 1 N–H and O–H groups in total. The molecule has 0 aliphatic rings. The van der Waals surface area contributed by atoms with Crippen LogP contribution >= 0.6 is 0 Å². The van der Waals surface area contributed by atoms with Gasteiger partial charge in [-0.15, -0.1) is 0 Å². The Kier molecular flexibility index (Phi) is 9.27. The normalized spacial score (nSPS) is 12.1. The number of benzene rings is 4. The quantitative estimate of drug-likeness (QED) is 0.134. The summed E-state index contributed by atoms with van der Waals surface area (Å²) in [4.78, 5) is 17.6. The second kappa shape index (κ2) is 13.4. The highest BCUT2D eigenvalue weighted by Crippen LogP contribution is 2.44. The van der Waals surface area contributed by atoms with Crippen LogP contribution in [0, 0.1) is 22.9 Å². The van der Waals surface area contributed by atoms with Crippen molar-refractivity contribution < 1.29 is 48.7 Å². The van der Waals surface area contributed by atoms with E-state index in [0.29, 0.717) is 11.6 Å². The van der Waals surface area contributed by atoms with E-state index in [-0.39, 0.29) is 67.4 Å². The van der Waals surface area contributed by atoms with Gasteiger partial charge in [-0.2, -0.15) is 0 Å². The molecule has 1 amide bonds. The monoisotopic (exact) mass is 727 g/mol. The third kappa shape index (κ3) is 6.60. The molecule has 6 rings (SSSR count). The number of hydrogen-bond donors (Lipinski definition) is 1. The van der Waals surface area contributed by atoms with E-state index in [9.17, 15) is 35.2 Å². The second-order valence-corrected chi connectivity index (χ2v) is 14.2. The standard InChI is InChI=1S/C36H30F5N3O6S/c1-36(16-37,17-38)18-44(51(4,46)47)27-15-29-24(31(34(45)42-2)33(49-29)19-5-8-21(39)9-6-19)14-23(27)20-7-10-28(48-3)25(11-20)35-43-32-26(41)12-22(40)13-30(32)50-35/h5-15H,16-18H2,1-4H3,(H,42,45). The molecule has 0 saturated heterocycles. The highest BCUT2D eigenvalue weighted by molar-refractivity contribution is 7.92. The van der Waals surface area contributed by atoms with Gasteiger partial charge < -0.3 is 18.9 Å². The molecule has 0 atom stereocenters. The van der Waals surface area contributed by atoms with Crippen LogP contribution in [0.3, 0.4) is 0 Å². The first-order valence-electron chi connectivity index (χ1n) is 15.3. The van der Waals surface area contributed by atoms with Gasteiger partial charge in [-0.25, -0.2) is 26.6 Å². The Balaban J connectivity index is 1.68. The van der Waals surface area contributed by atoms with Crippen molar-refractivity contribution in [1.82, 2.24) is 10.3 Å². The van der Waals surface area contributed by atoms with Crippen molar-refractivity contribution in [2.45, 2.75) is 6.92 Å². The summed E-state index contributed by atoms with van der Waals surface area (Å²) in [7, 11) is -1.49. The number of methoxy groups -OCH3 is 1. The number of sulfonamides is 1. The number of alkyl halides is 2. The van der Waals surface area contributed by atoms with Crippen molar-refractivity contribution in [2.24, 2.45) is 5.41 Å². The maximum Gasteiger partial charge on any atom is 0.255 e. The van der Waals surface area contributed by atoms with Crippen LogP contribution < -0.4 is 14.4 Å². The van der Waals surface area contributed by atoms with Gasteiger partial charge in [0.15, 0.2) is 11.4 Å². The van der Waals surface area contributed by atoms with Gasteiger partial charge in [0.2, 0.25) is 15.9 Å². The number of oxazole rings is 1. The number of carbonyl (C=O) groups is 1. The third-order valence-corrected chi connectivity index (χ3v) is 9.49. The van der Waals surface area contributed by atoms with E-state index in [0.717, 1.165) is 16.6 Å². The number of anilines is 1. The molecule has 9 nitrogen and oxygen atoms in total. The van der Waals surface area contributed by atoms with Crippen LogP contribution in [-0.4, -0.2) is 59.6 Å². The first-order valence-corrected chi connectivity index (χ1v) is 17.2. The summed E-state index contributed by atoms with van der Waals surface area (Å²) in [5, 5.41) is 2.78. The van der Waals surface area contributed by atoms with Crippen LogP contribution in [-0.2, 0) is 10.0 Å². The number of fused-ring (bicyclic) bond motifs is 2. The Morgan fingerprint density at radius 2 is 1.59 bits per heavy atom. The van der Waals surface area contributed by atoms with Gasteiger partial charge in [-0.3, -0.25) is 17.9 Å². The van der Waals surface area contributed by atoms with E-state index >= 15 is 0 Å². The van der Waals surface area contributed by atoms with E-state index in [4.69, 9.17) is 13.6 Å². The Morgan fingerprint density at radius 1 is 0.902 bits per heavy atom. The molecule has 2 heterocycles. The fraction of sp³-hybridized carbons (Fsp3) is 0.222. The molecule has 15 heteroatoms. The number of aromatic nitrogens is 1. The van der Waals surface area contributed by atoms with Gasteiger partial charge in [0.1, 0.15) is 34.2 Å². The zero-order valence-corrected chi connectivity index (χ0v) is 28.4. The Morgan fingerprint density at radius 3 is 2.22 bits per heavy atom. The summed E-state index contributed by atoms with van der Waals surface area (Å²) in [6, 6.07) is 14.2. The van der Waals surface area contributed by atoms with Crippen molar-refractivity contribution in [3.05, 3.63) is 89.7 Å². The molecular weight excluding hydrogens is 697 g/mol. The molecule has 0 aliphatic heterocycles. The molecule has 51 heavy (non-hydrogen) atoms. The van der Waals surface area contributed by atoms with Gasteiger partial charge in [0.05, 0.1) is 43.5 Å². The largest absolute Gasteiger partial charge is 0.496 e. The number of carbonyl (C=O) groups excluding carboxylic acids is 1. The highest BCUT2D eigenvalue weighted by atomic mass is 32.2. The third-order valence-electron chi connectivity index (χ3n) is 8.36. The molecule has 266 valence electrons. The molecule has 2 aromatic heterocycles. The van der Waals surface area contributed by atoms with Crippen molar-refractivity contribution >= 4 is 43.7 Å². The lowest BCUT2D eigenvalue weighted by molar-refractivity contribution is 0.0964. The lowest BCUT2D eigenvalue weighted by atomic mass is 9.93. The number of ether oxygens (including phenoxy) is 1. The van der Waals surface area contributed by atoms with Gasteiger partial charge in [0, 0.05) is 53.7 Å². The first kappa shape index (κ1) is 35.4. The molecule has 0 fully saturated rings. The molecule has 0 aliphatic carbocycles. The molecule has 0 radical (unpaired) electrons. The van der Waals surface area contributed by atoms with Crippen LogP contribution in [0.2, 0.25) is 0 Å². The number of rotatable bonds is 11. The van der Waals surface area contributed by atoms with Crippen molar-refractivity contribution in [2.75, 3.05) is 44.6 Å². The van der Waals surface area contributed by atoms with Gasteiger partial charge >= 0.3 is 0 Å². The van der Waals surface area contributed by atoms with E-state index in [1.807, 2.05) is 0 Å². The lowest BCUT2D eigenvalue weighted by Crippen LogP contribution is -2.42. The number of amides is 1. The lowest BCUT2D eigenvalue weighted by Gasteiger charge is -2.32. The van der Waals surface area contributed by atoms with E-state index in [2.05, 4.69) is 10.3 Å². The number of hydrogen-bond acceptors (Lipinski definition) is 7. The van der Waals surface area contributed by atoms with E-state index in [1.54, 1.807) is 6.07 Å². The summed E-state index contributed by atoms with van der Waals surface area (Å²) in [5.74, 6) is -2.87. The summed E-state index contributed by atoms with van der Waals surface area (Å²) < 4.78 is 116. The molecule has 0 unspecified atom stereocenters. The maximum atomic E-state index is 14.6. The smallest absolute Gasteiger partial charge is 0.255 e. The fourth-order valence-corrected chi connectivity index (χ4v) is 6.74. The zero-order valence-electron chi connectivity index (χ0n) is 27.6. The van der Waals surface area contributed by atoms with Crippen LogP contribution in [0.1, 0.15) is 17.3 Å². The van der Waals surface area contributed by atoms with Gasteiger partial charge in [-0.1, -0.05) is 13.0 Å². The van der Waals surface area contributed by atoms with Crippen LogP contribution in [0.5, 0.6) is 5.75 Å². The molecule has 0 spiro atoms. The van der Waals surface area contributed by atoms with E-state index < -0.39 is 58.7 Å². The highest BCUT2D eigenvalue weighted by Gasteiger charge is 2.34. The molecule has 6 aromatic rings.